The normalized spacial score (nSPS) is 29.0. The third-order valence-electron chi connectivity index (χ3n) is 8.51. The van der Waals surface area contributed by atoms with Crippen LogP contribution in [0.25, 0.3) is 0 Å². The molecule has 0 radical (unpaired) electrons. The summed E-state index contributed by atoms with van der Waals surface area (Å²) >= 11 is 0. The summed E-state index contributed by atoms with van der Waals surface area (Å²) in [5, 5.41) is 5.50. The molecule has 2 heterocycles. The Balaban J connectivity index is 1.40. The highest BCUT2D eigenvalue weighted by Gasteiger charge is 2.59. The van der Waals surface area contributed by atoms with E-state index in [1.54, 1.807) is 6.08 Å². The van der Waals surface area contributed by atoms with Gasteiger partial charge in [-0.05, 0) is 29.9 Å². The van der Waals surface area contributed by atoms with E-state index in [4.69, 9.17) is 0 Å². The Bertz CT molecular complexity index is 1200. The quantitative estimate of drug-likeness (QED) is 0.570. The van der Waals surface area contributed by atoms with Crippen molar-refractivity contribution in [2.24, 2.45) is 10.8 Å². The van der Waals surface area contributed by atoms with E-state index in [2.05, 4.69) is 17.6 Å². The Morgan fingerprint density at radius 2 is 1.95 bits per heavy atom. The molecule has 1 saturated carbocycles. The zero-order chi connectivity index (χ0) is 27.1. The second-order valence-electron chi connectivity index (χ2n) is 11.0. The van der Waals surface area contributed by atoms with Gasteiger partial charge in [-0.25, -0.2) is 8.78 Å². The molecule has 2 N–H and O–H groups in total. The van der Waals surface area contributed by atoms with Crippen molar-refractivity contribution in [3.63, 3.8) is 0 Å². The van der Waals surface area contributed by atoms with Crippen LogP contribution in [-0.4, -0.2) is 71.8 Å². The summed E-state index contributed by atoms with van der Waals surface area (Å²) in [6, 6.07) is 7.63. The SMILES string of the molecule is CC1(C2([C@@H](NC(=O)[C@@H]3C[C@@H](F)CN3C(=O)CN3CC(=O)NCC3=O)c3ccccc3)C=CC=C(F)C2)CC1. The van der Waals surface area contributed by atoms with Crippen LogP contribution in [0.5, 0.6) is 0 Å². The van der Waals surface area contributed by atoms with E-state index in [0.717, 1.165) is 28.2 Å². The van der Waals surface area contributed by atoms with Crippen LogP contribution in [0.1, 0.15) is 44.2 Å². The minimum Gasteiger partial charge on any atom is -0.347 e. The Morgan fingerprint density at radius 3 is 2.63 bits per heavy atom. The summed E-state index contributed by atoms with van der Waals surface area (Å²) < 4.78 is 29.4. The third kappa shape index (κ3) is 4.83. The number of nitrogens with one attached hydrogen (secondary N) is 2. The fraction of sp³-hybridized carbons (Fsp3) is 0.500. The fourth-order valence-electron chi connectivity index (χ4n) is 6.04. The molecule has 3 fully saturated rings. The highest BCUT2D eigenvalue weighted by Crippen LogP contribution is 2.66. The molecule has 202 valence electrons. The topological polar surface area (TPSA) is 98.8 Å². The van der Waals surface area contributed by atoms with Gasteiger partial charge in [0, 0.05) is 18.3 Å². The number of halogens is 2. The molecule has 8 nitrogen and oxygen atoms in total. The Labute approximate surface area is 220 Å². The summed E-state index contributed by atoms with van der Waals surface area (Å²) in [6.45, 7) is 0.927. The zero-order valence-corrected chi connectivity index (χ0v) is 21.3. The van der Waals surface area contributed by atoms with Gasteiger partial charge in [0.05, 0.1) is 19.1 Å². The first kappa shape index (κ1) is 26.1. The lowest BCUT2D eigenvalue weighted by atomic mass is 9.62. The molecule has 0 spiro atoms. The predicted octanol–water partition coefficient (Wildman–Crippen LogP) is 2.34. The van der Waals surface area contributed by atoms with Crippen LogP contribution in [0.4, 0.5) is 8.78 Å². The molecular formula is C28H32F2N4O4. The monoisotopic (exact) mass is 526 g/mol. The largest absolute Gasteiger partial charge is 0.347 e. The van der Waals surface area contributed by atoms with E-state index in [1.807, 2.05) is 36.4 Å². The second-order valence-corrected chi connectivity index (χ2v) is 11.0. The standard InChI is InChI=1S/C28H32F2N4O4/c1-27(10-11-27)28(9-5-8-19(29)13-28)25(18-6-3-2-4-7-18)32-26(38)21-12-20(30)15-34(21)24(37)17-33-16-22(35)31-14-23(33)36/h2-9,20-21,25H,10-17H2,1H3,(H,31,35)(H,32,38)/t20-,21+,25+,28?/m1/s1. The predicted molar refractivity (Wildman–Crippen MR) is 135 cm³/mol. The number of nitrogens with zero attached hydrogens (tertiary/aromatic N) is 2. The molecule has 1 aromatic rings. The molecule has 38 heavy (non-hydrogen) atoms. The van der Waals surface area contributed by atoms with Crippen molar-refractivity contribution in [2.45, 2.75) is 50.9 Å². The van der Waals surface area contributed by atoms with Crippen LogP contribution < -0.4 is 10.6 Å². The Kier molecular flexibility index (Phi) is 6.83. The molecule has 0 bridgehead atoms. The first-order valence-electron chi connectivity index (χ1n) is 13.0. The van der Waals surface area contributed by atoms with Gasteiger partial charge in [-0.3, -0.25) is 19.2 Å². The number of likely N-dealkylation sites (tertiary alicyclic amines) is 1. The molecule has 2 aliphatic heterocycles. The summed E-state index contributed by atoms with van der Waals surface area (Å²) in [7, 11) is 0. The Morgan fingerprint density at radius 1 is 1.21 bits per heavy atom. The van der Waals surface area contributed by atoms with Gasteiger partial charge in [0.1, 0.15) is 31.1 Å². The van der Waals surface area contributed by atoms with E-state index in [9.17, 15) is 28.0 Å². The van der Waals surface area contributed by atoms with Gasteiger partial charge in [0.2, 0.25) is 23.6 Å². The van der Waals surface area contributed by atoms with Crippen molar-refractivity contribution in [3.05, 3.63) is 60.0 Å². The molecule has 4 atom stereocenters. The van der Waals surface area contributed by atoms with Crippen LogP contribution in [0.2, 0.25) is 0 Å². The van der Waals surface area contributed by atoms with Crippen molar-refractivity contribution >= 4 is 23.6 Å². The number of allylic oxidation sites excluding steroid dienone is 3. The van der Waals surface area contributed by atoms with Gasteiger partial charge in [0.15, 0.2) is 0 Å². The summed E-state index contributed by atoms with van der Waals surface area (Å²) in [5.74, 6) is -2.20. The number of benzene rings is 1. The maximum atomic E-state index is 14.8. The summed E-state index contributed by atoms with van der Waals surface area (Å²) in [6.07, 6.45) is 5.39. The average molecular weight is 527 g/mol. The molecule has 0 aromatic heterocycles. The average Bonchev–Trinajstić information content (AvgIpc) is 3.53. The van der Waals surface area contributed by atoms with Gasteiger partial charge in [-0.15, -0.1) is 0 Å². The lowest BCUT2D eigenvalue weighted by molar-refractivity contribution is -0.147. The van der Waals surface area contributed by atoms with E-state index in [-0.39, 0.29) is 49.6 Å². The molecule has 2 saturated heterocycles. The summed E-state index contributed by atoms with van der Waals surface area (Å²) in [5.41, 5.74) is -0.184. The van der Waals surface area contributed by atoms with Crippen LogP contribution in [-0.2, 0) is 19.2 Å². The minimum atomic E-state index is -1.41. The molecule has 10 heteroatoms. The molecular weight excluding hydrogens is 494 g/mol. The van der Waals surface area contributed by atoms with E-state index < -0.39 is 47.9 Å². The highest BCUT2D eigenvalue weighted by atomic mass is 19.1. The van der Waals surface area contributed by atoms with Crippen molar-refractivity contribution in [1.82, 2.24) is 20.4 Å². The third-order valence-corrected chi connectivity index (χ3v) is 8.51. The number of rotatable bonds is 7. The number of alkyl halides is 1. The first-order chi connectivity index (χ1) is 18.1. The van der Waals surface area contributed by atoms with Crippen molar-refractivity contribution in [1.29, 1.82) is 0 Å². The van der Waals surface area contributed by atoms with Gasteiger partial charge >= 0.3 is 0 Å². The number of hydrogen-bond donors (Lipinski definition) is 2. The maximum Gasteiger partial charge on any atom is 0.243 e. The number of hydrogen-bond acceptors (Lipinski definition) is 4. The van der Waals surface area contributed by atoms with E-state index >= 15 is 0 Å². The van der Waals surface area contributed by atoms with Crippen LogP contribution in [0, 0.1) is 10.8 Å². The molecule has 4 aliphatic rings. The number of piperazine rings is 1. The lowest BCUT2D eigenvalue weighted by Gasteiger charge is -2.46. The Hall–Kier alpha value is -3.56. The molecule has 1 unspecified atom stereocenters. The van der Waals surface area contributed by atoms with Crippen molar-refractivity contribution < 1.29 is 28.0 Å². The van der Waals surface area contributed by atoms with Crippen molar-refractivity contribution in [2.75, 3.05) is 26.2 Å². The number of carbonyl (C=O) groups excluding carboxylic acids is 4. The van der Waals surface area contributed by atoms with E-state index in [1.165, 1.54) is 6.08 Å². The van der Waals surface area contributed by atoms with Crippen LogP contribution in [0.3, 0.4) is 0 Å². The van der Waals surface area contributed by atoms with Gasteiger partial charge in [0.25, 0.3) is 0 Å². The van der Waals surface area contributed by atoms with Crippen LogP contribution >= 0.6 is 0 Å². The zero-order valence-electron chi connectivity index (χ0n) is 21.3. The second kappa shape index (κ2) is 9.96. The molecule has 5 rings (SSSR count). The lowest BCUT2D eigenvalue weighted by Crippen LogP contribution is -2.56. The van der Waals surface area contributed by atoms with Gasteiger partial charge in [-0.2, -0.15) is 0 Å². The number of amides is 4. The summed E-state index contributed by atoms with van der Waals surface area (Å²) in [4.78, 5) is 53.0. The number of carbonyl (C=O) groups is 4. The fourth-order valence-corrected chi connectivity index (χ4v) is 6.04. The van der Waals surface area contributed by atoms with Crippen molar-refractivity contribution in [3.8, 4) is 0 Å². The highest BCUT2D eigenvalue weighted by molar-refractivity contribution is 5.96. The van der Waals surface area contributed by atoms with Gasteiger partial charge in [-0.1, -0.05) is 49.4 Å². The minimum absolute atomic E-state index is 0.123. The first-order valence-corrected chi connectivity index (χ1v) is 13.0. The molecule has 1 aromatic carbocycles. The van der Waals surface area contributed by atoms with Gasteiger partial charge < -0.3 is 20.4 Å². The molecule has 4 amide bonds. The van der Waals surface area contributed by atoms with Crippen LogP contribution in [0.15, 0.2) is 54.4 Å². The smallest absolute Gasteiger partial charge is 0.243 e. The molecule has 2 aliphatic carbocycles. The maximum absolute atomic E-state index is 14.8. The van der Waals surface area contributed by atoms with E-state index in [0.29, 0.717) is 0 Å².